The Labute approximate surface area is 95.0 Å². The molecule has 0 saturated carbocycles. The van der Waals surface area contributed by atoms with Crippen molar-refractivity contribution in [2.75, 3.05) is 6.61 Å². The van der Waals surface area contributed by atoms with Crippen molar-refractivity contribution in [3.8, 4) is 0 Å². The topological polar surface area (TPSA) is 47.3 Å². The largest absolute Gasteiger partial charge is 0.496 e. The van der Waals surface area contributed by atoms with E-state index in [-0.39, 0.29) is 6.04 Å². The zero-order valence-corrected chi connectivity index (χ0v) is 9.90. The van der Waals surface area contributed by atoms with Gasteiger partial charge in [0.1, 0.15) is 11.8 Å². The Morgan fingerprint density at radius 3 is 3.00 bits per heavy atom. The van der Waals surface area contributed by atoms with E-state index in [1.165, 1.54) is 0 Å². The Balaban J connectivity index is 2.20. The molecule has 2 heterocycles. The Morgan fingerprint density at radius 1 is 1.64 bits per heavy atom. The van der Waals surface area contributed by atoms with Gasteiger partial charge < -0.3 is 4.74 Å². The molecule has 0 fully saturated rings. The SMILES string of the molecule is NNC(C1=CCCO1)c1csc(Br)c1. The number of nitrogens with two attached hydrogens (primary N) is 1. The van der Waals surface area contributed by atoms with Crippen LogP contribution in [-0.2, 0) is 4.74 Å². The number of hydrogen-bond acceptors (Lipinski definition) is 4. The van der Waals surface area contributed by atoms with Gasteiger partial charge >= 0.3 is 0 Å². The first-order chi connectivity index (χ1) is 6.81. The summed E-state index contributed by atoms with van der Waals surface area (Å²) >= 11 is 5.07. The average Bonchev–Trinajstić information content (AvgIpc) is 2.79. The van der Waals surface area contributed by atoms with Gasteiger partial charge in [0.2, 0.25) is 0 Å². The summed E-state index contributed by atoms with van der Waals surface area (Å²) in [5.41, 5.74) is 3.90. The van der Waals surface area contributed by atoms with Crippen LogP contribution >= 0.6 is 27.3 Å². The molecule has 5 heteroatoms. The molecule has 3 nitrogen and oxygen atoms in total. The van der Waals surface area contributed by atoms with Gasteiger partial charge in [-0.25, -0.2) is 5.43 Å². The van der Waals surface area contributed by atoms with Crippen LogP contribution in [0.1, 0.15) is 18.0 Å². The maximum atomic E-state index is 5.51. The molecule has 14 heavy (non-hydrogen) atoms. The molecule has 1 unspecified atom stereocenters. The van der Waals surface area contributed by atoms with Gasteiger partial charge in [-0.1, -0.05) is 0 Å². The minimum absolute atomic E-state index is 0.0138. The lowest BCUT2D eigenvalue weighted by molar-refractivity contribution is 0.216. The summed E-state index contributed by atoms with van der Waals surface area (Å²) < 4.78 is 6.58. The number of rotatable bonds is 3. The third-order valence-electron chi connectivity index (χ3n) is 2.10. The predicted octanol–water partition coefficient (Wildman–Crippen LogP) is 2.32. The van der Waals surface area contributed by atoms with Crippen LogP contribution in [0.4, 0.5) is 0 Å². The Kier molecular flexibility index (Phi) is 3.22. The second kappa shape index (κ2) is 4.44. The lowest BCUT2D eigenvalue weighted by atomic mass is 10.1. The van der Waals surface area contributed by atoms with Crippen molar-refractivity contribution >= 4 is 27.3 Å². The lowest BCUT2D eigenvalue weighted by Crippen LogP contribution is -2.29. The molecule has 1 aromatic rings. The molecular formula is C9H11BrN2OS. The van der Waals surface area contributed by atoms with E-state index in [2.05, 4.69) is 38.9 Å². The molecule has 0 amide bonds. The molecule has 0 spiro atoms. The molecule has 0 aliphatic carbocycles. The number of ether oxygens (including phenoxy) is 1. The molecule has 1 atom stereocenters. The summed E-state index contributed by atoms with van der Waals surface area (Å²) in [6, 6.07) is 2.04. The van der Waals surface area contributed by atoms with Crippen molar-refractivity contribution in [2.45, 2.75) is 12.5 Å². The van der Waals surface area contributed by atoms with E-state index in [1.54, 1.807) is 11.3 Å². The highest BCUT2D eigenvalue weighted by Gasteiger charge is 2.20. The zero-order chi connectivity index (χ0) is 9.97. The second-order valence-corrected chi connectivity index (χ2v) is 5.32. The number of thiophene rings is 1. The van der Waals surface area contributed by atoms with Crippen LogP contribution in [0.25, 0.3) is 0 Å². The van der Waals surface area contributed by atoms with E-state index in [1.807, 2.05) is 0 Å². The Morgan fingerprint density at radius 2 is 2.50 bits per heavy atom. The van der Waals surface area contributed by atoms with Crippen LogP contribution in [0.5, 0.6) is 0 Å². The van der Waals surface area contributed by atoms with E-state index >= 15 is 0 Å². The number of nitrogens with one attached hydrogen (secondary N) is 1. The molecular weight excluding hydrogens is 264 g/mol. The molecule has 1 aliphatic rings. The van der Waals surface area contributed by atoms with Crippen molar-refractivity contribution in [3.05, 3.63) is 32.6 Å². The van der Waals surface area contributed by atoms with Gasteiger partial charge in [-0.3, -0.25) is 5.84 Å². The molecule has 0 saturated heterocycles. The summed E-state index contributed by atoms with van der Waals surface area (Å²) in [5, 5.41) is 2.07. The highest BCUT2D eigenvalue weighted by atomic mass is 79.9. The van der Waals surface area contributed by atoms with Crippen LogP contribution in [0.2, 0.25) is 0 Å². The number of hydrogen-bond donors (Lipinski definition) is 2. The summed E-state index contributed by atoms with van der Waals surface area (Å²) in [5.74, 6) is 6.44. The highest BCUT2D eigenvalue weighted by Crippen LogP contribution is 2.31. The van der Waals surface area contributed by atoms with Crippen LogP contribution in [-0.4, -0.2) is 6.61 Å². The predicted molar refractivity (Wildman–Crippen MR) is 60.7 cm³/mol. The minimum Gasteiger partial charge on any atom is -0.496 e. The van der Waals surface area contributed by atoms with Gasteiger partial charge in [-0.15, -0.1) is 11.3 Å². The van der Waals surface area contributed by atoms with Gasteiger partial charge in [-0.05, 0) is 39.0 Å². The van der Waals surface area contributed by atoms with Crippen LogP contribution in [0.15, 0.2) is 27.1 Å². The van der Waals surface area contributed by atoms with E-state index < -0.39 is 0 Å². The molecule has 3 N–H and O–H groups in total. The maximum Gasteiger partial charge on any atom is 0.115 e. The Hall–Kier alpha value is -0.360. The smallest absolute Gasteiger partial charge is 0.115 e. The van der Waals surface area contributed by atoms with Crippen molar-refractivity contribution in [1.82, 2.24) is 5.43 Å². The van der Waals surface area contributed by atoms with E-state index in [0.29, 0.717) is 0 Å². The molecule has 0 bridgehead atoms. The van der Waals surface area contributed by atoms with E-state index in [4.69, 9.17) is 10.6 Å². The fourth-order valence-corrected chi connectivity index (χ4v) is 2.66. The fraction of sp³-hybridized carbons (Fsp3) is 0.333. The average molecular weight is 275 g/mol. The van der Waals surface area contributed by atoms with Crippen LogP contribution in [0, 0.1) is 0 Å². The summed E-state index contributed by atoms with van der Waals surface area (Å²) in [6.45, 7) is 0.763. The van der Waals surface area contributed by atoms with Crippen molar-refractivity contribution in [1.29, 1.82) is 0 Å². The molecule has 1 aromatic heterocycles. The lowest BCUT2D eigenvalue weighted by Gasteiger charge is -2.15. The molecule has 76 valence electrons. The van der Waals surface area contributed by atoms with E-state index in [0.717, 1.165) is 28.1 Å². The quantitative estimate of drug-likeness (QED) is 0.657. The highest BCUT2D eigenvalue weighted by molar-refractivity contribution is 9.11. The van der Waals surface area contributed by atoms with Crippen molar-refractivity contribution in [3.63, 3.8) is 0 Å². The molecule has 1 aliphatic heterocycles. The van der Waals surface area contributed by atoms with Crippen molar-refractivity contribution in [2.24, 2.45) is 5.84 Å². The summed E-state index contributed by atoms with van der Waals surface area (Å²) in [4.78, 5) is 0. The number of hydrazine groups is 1. The van der Waals surface area contributed by atoms with Gasteiger partial charge in [0.15, 0.2) is 0 Å². The number of halogens is 1. The third-order valence-corrected chi connectivity index (χ3v) is 3.63. The first kappa shape index (κ1) is 10.2. The van der Waals surface area contributed by atoms with Crippen LogP contribution < -0.4 is 11.3 Å². The van der Waals surface area contributed by atoms with Crippen LogP contribution in [0.3, 0.4) is 0 Å². The van der Waals surface area contributed by atoms with E-state index in [9.17, 15) is 0 Å². The molecule has 0 aromatic carbocycles. The van der Waals surface area contributed by atoms with Gasteiger partial charge in [-0.2, -0.15) is 0 Å². The Bertz CT molecular complexity index is 350. The molecule has 0 radical (unpaired) electrons. The zero-order valence-electron chi connectivity index (χ0n) is 7.50. The summed E-state index contributed by atoms with van der Waals surface area (Å²) in [6.07, 6.45) is 3.05. The minimum atomic E-state index is -0.0138. The molecule has 2 rings (SSSR count). The standard InChI is InChI=1S/C9H11BrN2OS/c10-8-4-6(5-14-8)9(12-11)7-2-1-3-13-7/h2,4-5,9,12H,1,3,11H2. The second-order valence-electron chi connectivity index (χ2n) is 3.03. The van der Waals surface area contributed by atoms with Crippen molar-refractivity contribution < 1.29 is 4.74 Å². The van der Waals surface area contributed by atoms with Gasteiger partial charge in [0.05, 0.1) is 10.4 Å². The summed E-state index contributed by atoms with van der Waals surface area (Å²) in [7, 11) is 0. The maximum absolute atomic E-state index is 5.51. The normalized spacial score (nSPS) is 17.7. The first-order valence-electron chi connectivity index (χ1n) is 4.34. The van der Waals surface area contributed by atoms with Gasteiger partial charge in [0.25, 0.3) is 0 Å². The monoisotopic (exact) mass is 274 g/mol. The third kappa shape index (κ3) is 2.00. The van der Waals surface area contributed by atoms with Gasteiger partial charge in [0, 0.05) is 6.42 Å². The fourth-order valence-electron chi connectivity index (χ4n) is 1.46. The first-order valence-corrected chi connectivity index (χ1v) is 6.01.